The molecule has 0 aliphatic heterocycles. The molecule has 17 heavy (non-hydrogen) atoms. The minimum absolute atomic E-state index is 0.0619. The number of ether oxygens (including phenoxy) is 1. The molecule has 0 aromatic heterocycles. The summed E-state index contributed by atoms with van der Waals surface area (Å²) in [6, 6.07) is 4.49. The topological polar surface area (TPSA) is 47.3 Å². The first-order chi connectivity index (χ1) is 8.17. The van der Waals surface area contributed by atoms with Crippen LogP contribution in [0.3, 0.4) is 0 Å². The van der Waals surface area contributed by atoms with E-state index >= 15 is 0 Å². The van der Waals surface area contributed by atoms with Crippen molar-refractivity contribution in [2.45, 2.75) is 25.8 Å². The van der Waals surface area contributed by atoms with Gasteiger partial charge in [0.25, 0.3) is 0 Å². The minimum atomic E-state index is -0.260. The van der Waals surface area contributed by atoms with E-state index in [0.717, 1.165) is 5.56 Å². The van der Waals surface area contributed by atoms with Crippen LogP contribution in [0.25, 0.3) is 0 Å². The van der Waals surface area contributed by atoms with Crippen molar-refractivity contribution >= 4 is 0 Å². The van der Waals surface area contributed by atoms with E-state index in [1.807, 2.05) is 0 Å². The third-order valence-electron chi connectivity index (χ3n) is 3.60. The maximum absolute atomic E-state index is 13.3. The molecule has 1 aromatic carbocycles. The lowest BCUT2D eigenvalue weighted by atomic mass is 9.90. The smallest absolute Gasteiger partial charge is 0.123 e. The van der Waals surface area contributed by atoms with Crippen molar-refractivity contribution in [3.05, 3.63) is 29.6 Å². The van der Waals surface area contributed by atoms with Crippen LogP contribution in [-0.4, -0.2) is 7.11 Å². The summed E-state index contributed by atoms with van der Waals surface area (Å²) in [5.74, 6) is 7.11. The lowest BCUT2D eigenvalue weighted by Crippen LogP contribution is -2.33. The van der Waals surface area contributed by atoms with E-state index in [0.29, 0.717) is 17.6 Å². The van der Waals surface area contributed by atoms with Crippen LogP contribution in [0.4, 0.5) is 4.39 Å². The molecule has 1 aromatic rings. The standard InChI is InChI=1S/C13H19FN2O/c1-8(9-3-4-9)13(16-15)11-7-10(14)5-6-12(11)17-2/h5-9,13,16H,3-4,15H2,1-2H3. The van der Waals surface area contributed by atoms with Gasteiger partial charge in [-0.1, -0.05) is 6.92 Å². The molecule has 4 heteroatoms. The predicted octanol–water partition coefficient (Wildman–Crippen LogP) is 2.38. The highest BCUT2D eigenvalue weighted by molar-refractivity contribution is 5.37. The fraction of sp³-hybridized carbons (Fsp3) is 0.538. The minimum Gasteiger partial charge on any atom is -0.496 e. The Morgan fingerprint density at radius 3 is 2.71 bits per heavy atom. The maximum Gasteiger partial charge on any atom is 0.123 e. The number of nitrogens with one attached hydrogen (secondary N) is 1. The van der Waals surface area contributed by atoms with Gasteiger partial charge >= 0.3 is 0 Å². The third-order valence-corrected chi connectivity index (χ3v) is 3.60. The van der Waals surface area contributed by atoms with Crippen molar-refractivity contribution in [1.82, 2.24) is 5.43 Å². The van der Waals surface area contributed by atoms with Gasteiger partial charge in [0, 0.05) is 5.56 Å². The lowest BCUT2D eigenvalue weighted by Gasteiger charge is -2.25. The second-order valence-electron chi connectivity index (χ2n) is 4.73. The Hall–Kier alpha value is -1.13. The Labute approximate surface area is 101 Å². The summed E-state index contributed by atoms with van der Waals surface area (Å²) in [5.41, 5.74) is 3.60. The molecule has 1 saturated carbocycles. The summed E-state index contributed by atoms with van der Waals surface area (Å²) in [4.78, 5) is 0. The van der Waals surface area contributed by atoms with E-state index in [9.17, 15) is 4.39 Å². The number of benzene rings is 1. The maximum atomic E-state index is 13.3. The van der Waals surface area contributed by atoms with Crippen LogP contribution in [0.15, 0.2) is 18.2 Å². The fourth-order valence-corrected chi connectivity index (χ4v) is 2.37. The van der Waals surface area contributed by atoms with Crippen LogP contribution in [0.1, 0.15) is 31.4 Å². The van der Waals surface area contributed by atoms with Crippen LogP contribution in [0, 0.1) is 17.7 Å². The van der Waals surface area contributed by atoms with E-state index in [2.05, 4.69) is 12.3 Å². The first kappa shape index (κ1) is 12.3. The van der Waals surface area contributed by atoms with E-state index in [-0.39, 0.29) is 11.9 Å². The Morgan fingerprint density at radius 1 is 1.47 bits per heavy atom. The van der Waals surface area contributed by atoms with Crippen molar-refractivity contribution in [2.75, 3.05) is 7.11 Å². The molecular weight excluding hydrogens is 219 g/mol. The first-order valence-corrected chi connectivity index (χ1v) is 5.97. The number of halogens is 1. The summed E-state index contributed by atoms with van der Waals surface area (Å²) in [5, 5.41) is 0. The van der Waals surface area contributed by atoms with Crippen molar-refractivity contribution in [2.24, 2.45) is 17.7 Å². The highest BCUT2D eigenvalue weighted by Gasteiger charge is 2.34. The lowest BCUT2D eigenvalue weighted by molar-refractivity contribution is 0.334. The molecule has 3 nitrogen and oxygen atoms in total. The summed E-state index contributed by atoms with van der Waals surface area (Å²) in [6.45, 7) is 2.15. The average Bonchev–Trinajstić information content (AvgIpc) is 3.14. The summed E-state index contributed by atoms with van der Waals surface area (Å²) >= 11 is 0. The zero-order valence-electron chi connectivity index (χ0n) is 10.2. The molecule has 0 radical (unpaired) electrons. The van der Waals surface area contributed by atoms with Gasteiger partial charge in [0.2, 0.25) is 0 Å². The highest BCUT2D eigenvalue weighted by Crippen LogP contribution is 2.44. The number of hydrazine groups is 1. The van der Waals surface area contributed by atoms with E-state index in [4.69, 9.17) is 10.6 Å². The molecule has 1 fully saturated rings. The Morgan fingerprint density at radius 2 is 2.18 bits per heavy atom. The molecule has 0 spiro atoms. The van der Waals surface area contributed by atoms with E-state index in [1.165, 1.54) is 25.0 Å². The van der Waals surface area contributed by atoms with Crippen LogP contribution in [0.2, 0.25) is 0 Å². The SMILES string of the molecule is COc1ccc(F)cc1C(NN)C(C)C1CC1. The molecule has 0 bridgehead atoms. The molecule has 0 amide bonds. The summed E-state index contributed by atoms with van der Waals surface area (Å²) in [6.07, 6.45) is 2.47. The number of methoxy groups -OCH3 is 1. The Bertz CT molecular complexity index is 393. The summed E-state index contributed by atoms with van der Waals surface area (Å²) in [7, 11) is 1.59. The zero-order chi connectivity index (χ0) is 12.4. The van der Waals surface area contributed by atoms with Gasteiger partial charge in [-0.15, -0.1) is 0 Å². The average molecular weight is 238 g/mol. The van der Waals surface area contributed by atoms with Crippen molar-refractivity contribution < 1.29 is 9.13 Å². The Balaban J connectivity index is 2.30. The number of nitrogens with two attached hydrogens (primary N) is 1. The van der Waals surface area contributed by atoms with Crippen LogP contribution in [0.5, 0.6) is 5.75 Å². The van der Waals surface area contributed by atoms with Crippen molar-refractivity contribution in [1.29, 1.82) is 0 Å². The van der Waals surface area contributed by atoms with Gasteiger partial charge in [-0.2, -0.15) is 0 Å². The molecule has 1 aliphatic rings. The van der Waals surface area contributed by atoms with Crippen LogP contribution >= 0.6 is 0 Å². The van der Waals surface area contributed by atoms with Crippen molar-refractivity contribution in [3.8, 4) is 5.75 Å². The quantitative estimate of drug-likeness (QED) is 0.611. The third kappa shape index (κ3) is 2.58. The van der Waals surface area contributed by atoms with E-state index < -0.39 is 0 Å². The molecular formula is C13H19FN2O. The van der Waals surface area contributed by atoms with Crippen molar-refractivity contribution in [3.63, 3.8) is 0 Å². The van der Waals surface area contributed by atoms with Gasteiger partial charge in [-0.05, 0) is 42.9 Å². The van der Waals surface area contributed by atoms with Gasteiger partial charge in [0.05, 0.1) is 13.2 Å². The normalized spacial score (nSPS) is 18.8. The zero-order valence-corrected chi connectivity index (χ0v) is 10.2. The van der Waals surface area contributed by atoms with Gasteiger partial charge in [-0.25, -0.2) is 4.39 Å². The number of hydrogen-bond acceptors (Lipinski definition) is 3. The number of rotatable bonds is 5. The number of hydrogen-bond donors (Lipinski definition) is 2. The van der Waals surface area contributed by atoms with Gasteiger partial charge in [-0.3, -0.25) is 11.3 Å². The van der Waals surface area contributed by atoms with Gasteiger partial charge < -0.3 is 4.74 Å². The molecule has 1 aliphatic carbocycles. The van der Waals surface area contributed by atoms with Gasteiger partial charge in [0.15, 0.2) is 0 Å². The fourth-order valence-electron chi connectivity index (χ4n) is 2.37. The van der Waals surface area contributed by atoms with Gasteiger partial charge in [0.1, 0.15) is 11.6 Å². The second-order valence-corrected chi connectivity index (χ2v) is 4.73. The molecule has 0 heterocycles. The second kappa shape index (κ2) is 5.02. The monoisotopic (exact) mass is 238 g/mol. The largest absolute Gasteiger partial charge is 0.496 e. The molecule has 2 unspecified atom stereocenters. The van der Waals surface area contributed by atoms with E-state index in [1.54, 1.807) is 13.2 Å². The summed E-state index contributed by atoms with van der Waals surface area (Å²) < 4.78 is 18.6. The predicted molar refractivity (Wildman–Crippen MR) is 64.9 cm³/mol. The Kier molecular flexibility index (Phi) is 3.64. The highest BCUT2D eigenvalue weighted by atomic mass is 19.1. The molecule has 2 atom stereocenters. The van der Waals surface area contributed by atoms with Crippen LogP contribution in [-0.2, 0) is 0 Å². The molecule has 2 rings (SSSR count). The van der Waals surface area contributed by atoms with Crippen LogP contribution < -0.4 is 16.0 Å². The molecule has 3 N–H and O–H groups in total. The first-order valence-electron chi connectivity index (χ1n) is 5.97. The molecule has 0 saturated heterocycles. The molecule has 94 valence electrons.